The Morgan fingerprint density at radius 1 is 1.19 bits per heavy atom. The van der Waals surface area contributed by atoms with Gasteiger partial charge in [0.15, 0.2) is 5.96 Å². The third kappa shape index (κ3) is 6.93. The van der Waals surface area contributed by atoms with Gasteiger partial charge in [-0.25, -0.2) is 0 Å². The number of hydrogen-bond donors (Lipinski definition) is 1. The van der Waals surface area contributed by atoms with E-state index in [1.165, 1.54) is 56.0 Å². The predicted octanol–water partition coefficient (Wildman–Crippen LogP) is 3.78. The van der Waals surface area contributed by atoms with Gasteiger partial charge in [-0.15, -0.1) is 35.7 Å². The normalized spacial score (nSPS) is 21.0. The smallest absolute Gasteiger partial charge is 0.193 e. The highest BCUT2D eigenvalue weighted by molar-refractivity contribution is 14.0. The van der Waals surface area contributed by atoms with Gasteiger partial charge >= 0.3 is 0 Å². The molecule has 1 N–H and O–H groups in total. The van der Waals surface area contributed by atoms with Crippen molar-refractivity contribution >= 4 is 41.7 Å². The van der Waals surface area contributed by atoms with Gasteiger partial charge in [-0.1, -0.05) is 18.2 Å². The first-order valence-electron chi connectivity index (χ1n) is 9.71. The molecule has 6 heteroatoms. The van der Waals surface area contributed by atoms with Crippen molar-refractivity contribution in [1.29, 1.82) is 0 Å². The third-order valence-electron chi connectivity index (χ3n) is 5.16. The van der Waals surface area contributed by atoms with Crippen molar-refractivity contribution < 1.29 is 0 Å². The second kappa shape index (κ2) is 12.1. The van der Waals surface area contributed by atoms with Crippen LogP contribution in [0.1, 0.15) is 25.7 Å². The van der Waals surface area contributed by atoms with E-state index in [-0.39, 0.29) is 24.0 Å². The van der Waals surface area contributed by atoms with Gasteiger partial charge in [-0.3, -0.25) is 4.99 Å². The summed E-state index contributed by atoms with van der Waals surface area (Å²) < 4.78 is 0. The average molecular weight is 488 g/mol. The zero-order valence-electron chi connectivity index (χ0n) is 15.9. The van der Waals surface area contributed by atoms with E-state index in [0.717, 1.165) is 31.5 Å². The largest absolute Gasteiger partial charge is 0.356 e. The second-order valence-electron chi connectivity index (χ2n) is 7.10. The van der Waals surface area contributed by atoms with Crippen LogP contribution in [0.4, 0.5) is 0 Å². The van der Waals surface area contributed by atoms with E-state index < -0.39 is 0 Å². The van der Waals surface area contributed by atoms with Crippen molar-refractivity contribution in [3.8, 4) is 0 Å². The molecule has 0 saturated carbocycles. The molecule has 2 heterocycles. The van der Waals surface area contributed by atoms with Crippen LogP contribution in [0.15, 0.2) is 40.2 Å². The minimum atomic E-state index is 0. The molecule has 1 unspecified atom stereocenters. The van der Waals surface area contributed by atoms with Crippen molar-refractivity contribution in [2.24, 2.45) is 10.9 Å². The minimum absolute atomic E-state index is 0. The predicted molar refractivity (Wildman–Crippen MR) is 124 cm³/mol. The zero-order valence-corrected chi connectivity index (χ0v) is 19.0. The Labute approximate surface area is 180 Å². The van der Waals surface area contributed by atoms with Gasteiger partial charge in [-0.2, -0.15) is 0 Å². The number of benzene rings is 1. The van der Waals surface area contributed by atoms with Gasteiger partial charge in [0.1, 0.15) is 0 Å². The van der Waals surface area contributed by atoms with E-state index in [1.54, 1.807) is 0 Å². The van der Waals surface area contributed by atoms with Crippen molar-refractivity contribution in [1.82, 2.24) is 15.1 Å². The minimum Gasteiger partial charge on any atom is -0.356 e. The molecule has 0 aromatic heterocycles. The maximum absolute atomic E-state index is 4.50. The molecule has 0 radical (unpaired) electrons. The summed E-state index contributed by atoms with van der Waals surface area (Å²) in [6.07, 6.45) is 5.24. The standard InChI is InChI=1S/C20H32N4S.HI/c1-21-20(22-11-7-14-23-12-5-6-13-23)24-15-10-18(16-24)17-25-19-8-3-2-4-9-19;/h2-4,8-9,18H,5-7,10-17H2,1H3,(H,21,22);1H. The summed E-state index contributed by atoms with van der Waals surface area (Å²) in [6.45, 7) is 7.10. The number of hydrogen-bond acceptors (Lipinski definition) is 3. The highest BCUT2D eigenvalue weighted by Gasteiger charge is 2.24. The summed E-state index contributed by atoms with van der Waals surface area (Å²) in [5.74, 6) is 3.05. The molecular weight excluding hydrogens is 455 g/mol. The molecule has 2 aliphatic rings. The van der Waals surface area contributed by atoms with Gasteiger partial charge in [0.2, 0.25) is 0 Å². The number of guanidine groups is 1. The van der Waals surface area contributed by atoms with Crippen LogP contribution in [0, 0.1) is 5.92 Å². The van der Waals surface area contributed by atoms with Crippen molar-refractivity contribution in [3.63, 3.8) is 0 Å². The Bertz CT molecular complexity index is 534. The van der Waals surface area contributed by atoms with Crippen LogP contribution < -0.4 is 5.32 Å². The monoisotopic (exact) mass is 488 g/mol. The van der Waals surface area contributed by atoms with Crippen LogP contribution in [0.2, 0.25) is 0 Å². The first-order chi connectivity index (χ1) is 12.3. The van der Waals surface area contributed by atoms with Gasteiger partial charge < -0.3 is 15.1 Å². The highest BCUT2D eigenvalue weighted by atomic mass is 127. The summed E-state index contributed by atoms with van der Waals surface area (Å²) in [6, 6.07) is 10.7. The first-order valence-corrected chi connectivity index (χ1v) is 10.7. The molecular formula is C20H33IN4S. The van der Waals surface area contributed by atoms with E-state index in [4.69, 9.17) is 0 Å². The molecule has 4 nitrogen and oxygen atoms in total. The maximum atomic E-state index is 4.50. The van der Waals surface area contributed by atoms with Crippen LogP contribution in [-0.2, 0) is 0 Å². The topological polar surface area (TPSA) is 30.9 Å². The number of thioether (sulfide) groups is 1. The number of aliphatic imine (C=N–C) groups is 1. The molecule has 0 spiro atoms. The lowest BCUT2D eigenvalue weighted by atomic mass is 10.2. The molecule has 1 aromatic carbocycles. The van der Waals surface area contributed by atoms with E-state index in [9.17, 15) is 0 Å². The van der Waals surface area contributed by atoms with Crippen LogP contribution in [0.5, 0.6) is 0 Å². The third-order valence-corrected chi connectivity index (χ3v) is 6.40. The van der Waals surface area contributed by atoms with E-state index in [0.29, 0.717) is 0 Å². The number of rotatable bonds is 7. The molecule has 0 aliphatic carbocycles. The second-order valence-corrected chi connectivity index (χ2v) is 8.19. The number of nitrogens with zero attached hydrogens (tertiary/aromatic N) is 3. The fourth-order valence-corrected chi connectivity index (χ4v) is 4.78. The maximum Gasteiger partial charge on any atom is 0.193 e. The molecule has 1 aromatic rings. The van der Waals surface area contributed by atoms with Crippen molar-refractivity contribution in [2.45, 2.75) is 30.6 Å². The lowest BCUT2D eigenvalue weighted by Gasteiger charge is -2.22. The van der Waals surface area contributed by atoms with Crippen LogP contribution in [-0.4, -0.2) is 67.8 Å². The first kappa shape index (κ1) is 21.8. The molecule has 3 rings (SSSR count). The number of likely N-dealkylation sites (tertiary alicyclic amines) is 2. The van der Waals surface area contributed by atoms with Gasteiger partial charge in [0.05, 0.1) is 0 Å². The molecule has 1 atom stereocenters. The zero-order chi connectivity index (χ0) is 17.3. The molecule has 146 valence electrons. The Morgan fingerprint density at radius 3 is 2.69 bits per heavy atom. The quantitative estimate of drug-likeness (QED) is 0.208. The molecule has 2 fully saturated rings. The summed E-state index contributed by atoms with van der Waals surface area (Å²) in [4.78, 5) is 10.9. The van der Waals surface area contributed by atoms with Crippen molar-refractivity contribution in [3.05, 3.63) is 30.3 Å². The van der Waals surface area contributed by atoms with Crippen LogP contribution in [0.25, 0.3) is 0 Å². The van der Waals surface area contributed by atoms with Crippen molar-refractivity contribution in [2.75, 3.05) is 52.1 Å². The summed E-state index contributed by atoms with van der Waals surface area (Å²) in [5.41, 5.74) is 0. The lowest BCUT2D eigenvalue weighted by Crippen LogP contribution is -2.41. The Morgan fingerprint density at radius 2 is 1.96 bits per heavy atom. The molecule has 0 amide bonds. The molecule has 2 saturated heterocycles. The SMILES string of the molecule is CN=C(NCCCN1CCCC1)N1CCC(CSc2ccccc2)C1.I. The Hall–Kier alpha value is -0.470. The summed E-state index contributed by atoms with van der Waals surface area (Å²) in [7, 11) is 1.91. The lowest BCUT2D eigenvalue weighted by molar-refractivity contribution is 0.333. The fraction of sp³-hybridized carbons (Fsp3) is 0.650. The average Bonchev–Trinajstić information content (AvgIpc) is 3.33. The number of nitrogens with one attached hydrogen (secondary N) is 1. The van der Waals surface area contributed by atoms with E-state index >= 15 is 0 Å². The Kier molecular flexibility index (Phi) is 10.1. The highest BCUT2D eigenvalue weighted by Crippen LogP contribution is 2.25. The van der Waals surface area contributed by atoms with E-state index in [2.05, 4.69) is 50.4 Å². The number of halogens is 1. The molecule has 2 aliphatic heterocycles. The molecule has 26 heavy (non-hydrogen) atoms. The van der Waals surface area contributed by atoms with Gasteiger partial charge in [0, 0.05) is 37.3 Å². The summed E-state index contributed by atoms with van der Waals surface area (Å²) >= 11 is 1.98. The summed E-state index contributed by atoms with van der Waals surface area (Å²) in [5, 5.41) is 3.57. The van der Waals surface area contributed by atoms with Crippen LogP contribution in [0.3, 0.4) is 0 Å². The van der Waals surface area contributed by atoms with Gasteiger partial charge in [0.25, 0.3) is 0 Å². The van der Waals surface area contributed by atoms with Crippen LogP contribution >= 0.6 is 35.7 Å². The van der Waals surface area contributed by atoms with E-state index in [1.807, 2.05) is 18.8 Å². The molecule has 0 bridgehead atoms. The van der Waals surface area contributed by atoms with Gasteiger partial charge in [-0.05, 0) is 63.4 Å². The Balaban J connectivity index is 0.00000243. The fourth-order valence-electron chi connectivity index (χ4n) is 3.73.